The number of para-hydroxylation sites is 1. The molecule has 3 aromatic rings. The third kappa shape index (κ3) is 2.40. The molecule has 0 atom stereocenters. The van der Waals surface area contributed by atoms with Crippen molar-refractivity contribution in [1.82, 2.24) is 0 Å². The van der Waals surface area contributed by atoms with Gasteiger partial charge in [0.2, 0.25) is 0 Å². The molecule has 1 saturated carbocycles. The molecule has 0 radical (unpaired) electrons. The van der Waals surface area contributed by atoms with Gasteiger partial charge in [-0.25, -0.2) is 4.79 Å². The van der Waals surface area contributed by atoms with Crippen LogP contribution in [0.1, 0.15) is 36.0 Å². The Balaban J connectivity index is 1.82. The number of hydrogen-bond acceptors (Lipinski definition) is 5. The van der Waals surface area contributed by atoms with Gasteiger partial charge in [-0.15, -0.1) is 0 Å². The molecule has 122 valence electrons. The highest BCUT2D eigenvalue weighted by molar-refractivity contribution is 6.08. The third-order valence-corrected chi connectivity index (χ3v) is 4.47. The molecule has 1 heterocycles. The van der Waals surface area contributed by atoms with Crippen LogP contribution in [0.5, 0.6) is 5.75 Å². The molecule has 24 heavy (non-hydrogen) atoms. The maximum absolute atomic E-state index is 11.6. The fraction of sp³-hybridized carbons (Fsp3) is 0.278. The summed E-state index contributed by atoms with van der Waals surface area (Å²) in [7, 11) is 0. The average molecular weight is 325 g/mol. The highest BCUT2D eigenvalue weighted by atomic mass is 16.6. The lowest BCUT2D eigenvalue weighted by Crippen LogP contribution is -2.11. The molecule has 0 spiro atoms. The molecule has 0 bridgehead atoms. The quantitative estimate of drug-likeness (QED) is 0.529. The summed E-state index contributed by atoms with van der Waals surface area (Å²) in [6.45, 7) is 0. The number of amides is 1. The van der Waals surface area contributed by atoms with Crippen molar-refractivity contribution in [2.24, 2.45) is 0 Å². The van der Waals surface area contributed by atoms with Crippen LogP contribution in [-0.2, 0) is 0 Å². The molecule has 1 aliphatic rings. The largest absolute Gasteiger partial charge is 0.486 e. The number of carbonyl (C=O) groups excluding carboxylic acids is 1. The number of ether oxygens (including phenoxy) is 1. The van der Waals surface area contributed by atoms with E-state index in [1.165, 1.54) is 25.0 Å². The first kappa shape index (κ1) is 14.7. The van der Waals surface area contributed by atoms with Crippen molar-refractivity contribution >= 4 is 27.8 Å². The summed E-state index contributed by atoms with van der Waals surface area (Å²) in [6, 6.07) is 10.1. The van der Waals surface area contributed by atoms with E-state index in [-0.39, 0.29) is 11.7 Å². The zero-order valence-corrected chi connectivity index (χ0v) is 12.9. The molecule has 1 amide bonds. The van der Waals surface area contributed by atoms with Crippen molar-refractivity contribution in [2.75, 3.05) is 0 Å². The summed E-state index contributed by atoms with van der Waals surface area (Å²) in [5.41, 5.74) is 1.23. The first-order chi connectivity index (χ1) is 11.6. The highest BCUT2D eigenvalue weighted by Crippen LogP contribution is 2.36. The van der Waals surface area contributed by atoms with Crippen molar-refractivity contribution < 1.29 is 18.9 Å². The van der Waals surface area contributed by atoms with Gasteiger partial charge in [-0.3, -0.25) is 10.1 Å². The van der Waals surface area contributed by atoms with E-state index in [1.54, 1.807) is 6.07 Å². The van der Waals surface area contributed by atoms with Crippen LogP contribution in [0.3, 0.4) is 0 Å². The molecule has 6 nitrogen and oxygen atoms in total. The Morgan fingerprint density at radius 1 is 1.17 bits per heavy atom. The lowest BCUT2D eigenvalue weighted by atomic mass is 10.1. The van der Waals surface area contributed by atoms with E-state index in [0.717, 1.165) is 18.2 Å². The predicted molar refractivity (Wildman–Crippen MR) is 87.9 cm³/mol. The van der Waals surface area contributed by atoms with Crippen LogP contribution < -0.4 is 4.74 Å². The second-order valence-corrected chi connectivity index (χ2v) is 6.03. The minimum atomic E-state index is -1.12. The topological polar surface area (TPSA) is 82.6 Å². The van der Waals surface area contributed by atoms with E-state index in [4.69, 9.17) is 9.15 Å². The molecule has 0 aliphatic heterocycles. The van der Waals surface area contributed by atoms with E-state index >= 15 is 0 Å². The standard InChI is InChI=1S/C18H15NO5/c20-18(19(21)22)11-8-9-15-14(10-11)13-6-3-7-16(17(13)24-15)23-12-4-1-2-5-12/h3,6-10,12H,1-2,4-5H2. The highest BCUT2D eigenvalue weighted by Gasteiger charge is 2.22. The van der Waals surface area contributed by atoms with Gasteiger partial charge in [-0.05, 0) is 49.9 Å². The van der Waals surface area contributed by atoms with Crippen molar-refractivity contribution in [3.63, 3.8) is 0 Å². The maximum atomic E-state index is 11.6. The molecule has 1 fully saturated rings. The van der Waals surface area contributed by atoms with Gasteiger partial charge in [0.1, 0.15) is 10.5 Å². The molecule has 4 rings (SSSR count). The van der Waals surface area contributed by atoms with Crippen LogP contribution in [0, 0.1) is 10.1 Å². The fourth-order valence-corrected chi connectivity index (χ4v) is 3.29. The molecule has 1 aliphatic carbocycles. The number of hydrogen-bond donors (Lipinski definition) is 0. The van der Waals surface area contributed by atoms with Gasteiger partial charge in [0.25, 0.3) is 0 Å². The summed E-state index contributed by atoms with van der Waals surface area (Å²) in [4.78, 5) is 21.4. The third-order valence-electron chi connectivity index (χ3n) is 4.47. The van der Waals surface area contributed by atoms with E-state index in [9.17, 15) is 14.9 Å². The lowest BCUT2D eigenvalue weighted by molar-refractivity contribution is -0.375. The fourth-order valence-electron chi connectivity index (χ4n) is 3.29. The summed E-state index contributed by atoms with van der Waals surface area (Å²) in [5.74, 6) is -0.442. The number of nitrogens with zero attached hydrogens (tertiary/aromatic N) is 1. The van der Waals surface area contributed by atoms with Crippen molar-refractivity contribution in [3.8, 4) is 5.75 Å². The number of fused-ring (bicyclic) bond motifs is 3. The van der Waals surface area contributed by atoms with Crippen LogP contribution in [0.25, 0.3) is 21.9 Å². The summed E-state index contributed by atoms with van der Waals surface area (Å²) >= 11 is 0. The SMILES string of the molecule is O=C(c1ccc2oc3c(OC4CCCC4)cccc3c2c1)[N+](=O)[O-]. The zero-order valence-electron chi connectivity index (χ0n) is 12.9. The van der Waals surface area contributed by atoms with Gasteiger partial charge >= 0.3 is 5.91 Å². The van der Waals surface area contributed by atoms with Crippen molar-refractivity contribution in [2.45, 2.75) is 31.8 Å². The molecule has 6 heteroatoms. The van der Waals surface area contributed by atoms with Crippen LogP contribution in [-0.4, -0.2) is 16.9 Å². The smallest absolute Gasteiger partial charge is 0.476 e. The summed E-state index contributed by atoms with van der Waals surface area (Å²) < 4.78 is 11.9. The van der Waals surface area contributed by atoms with Gasteiger partial charge in [0, 0.05) is 10.8 Å². The Hall–Kier alpha value is -2.89. The molecule has 0 unspecified atom stereocenters. The predicted octanol–water partition coefficient (Wildman–Crippen LogP) is 4.32. The summed E-state index contributed by atoms with van der Waals surface area (Å²) in [6.07, 6.45) is 4.63. The first-order valence-corrected chi connectivity index (χ1v) is 7.94. The molecular formula is C18H15NO5. The van der Waals surface area contributed by atoms with Gasteiger partial charge in [-0.2, -0.15) is 0 Å². The Morgan fingerprint density at radius 2 is 1.96 bits per heavy atom. The zero-order chi connectivity index (χ0) is 16.7. The monoisotopic (exact) mass is 325 g/mol. The minimum absolute atomic E-state index is 0.0392. The first-order valence-electron chi connectivity index (χ1n) is 7.94. The van der Waals surface area contributed by atoms with Crippen molar-refractivity contribution in [1.29, 1.82) is 0 Å². The maximum Gasteiger partial charge on any atom is 0.476 e. The second kappa shape index (κ2) is 5.63. The molecule has 2 aromatic carbocycles. The Labute approximate surface area is 137 Å². The summed E-state index contributed by atoms with van der Waals surface area (Å²) in [5, 5.41) is 12.2. The Bertz CT molecular complexity index is 953. The van der Waals surface area contributed by atoms with E-state index in [2.05, 4.69) is 0 Å². The van der Waals surface area contributed by atoms with Crippen LogP contribution in [0.15, 0.2) is 40.8 Å². The minimum Gasteiger partial charge on any atom is -0.486 e. The van der Waals surface area contributed by atoms with Gasteiger partial charge in [-0.1, -0.05) is 12.1 Å². The normalized spacial score (nSPS) is 15.2. The molecule has 0 saturated heterocycles. The van der Waals surface area contributed by atoms with Crippen LogP contribution >= 0.6 is 0 Å². The molecular weight excluding hydrogens is 310 g/mol. The van der Waals surface area contributed by atoms with E-state index in [1.807, 2.05) is 18.2 Å². The van der Waals surface area contributed by atoms with Crippen molar-refractivity contribution in [3.05, 3.63) is 52.1 Å². The number of rotatable bonds is 3. The number of benzene rings is 2. The number of furan rings is 1. The van der Waals surface area contributed by atoms with Gasteiger partial charge in [0.15, 0.2) is 11.3 Å². The van der Waals surface area contributed by atoms with E-state index < -0.39 is 10.8 Å². The van der Waals surface area contributed by atoms with Crippen LogP contribution in [0.4, 0.5) is 0 Å². The molecule has 1 aromatic heterocycles. The average Bonchev–Trinajstić information content (AvgIpc) is 3.21. The van der Waals surface area contributed by atoms with Crippen LogP contribution in [0.2, 0.25) is 0 Å². The van der Waals surface area contributed by atoms with E-state index in [0.29, 0.717) is 22.3 Å². The van der Waals surface area contributed by atoms with Gasteiger partial charge < -0.3 is 9.15 Å². The van der Waals surface area contributed by atoms with Gasteiger partial charge in [0.05, 0.1) is 11.7 Å². The Kier molecular flexibility index (Phi) is 3.45. The molecule has 0 N–H and O–H groups in total. The number of carbonyl (C=O) groups is 1. The lowest BCUT2D eigenvalue weighted by Gasteiger charge is -2.12. The number of nitro groups is 1. The Morgan fingerprint density at radius 3 is 2.71 bits per heavy atom. The second-order valence-electron chi connectivity index (χ2n) is 6.03.